The van der Waals surface area contributed by atoms with E-state index in [1.54, 1.807) is 12.3 Å². The molecule has 0 aliphatic rings. The highest BCUT2D eigenvalue weighted by Gasteiger charge is 2.14. The minimum absolute atomic E-state index is 0.0887. The van der Waals surface area contributed by atoms with Gasteiger partial charge in [0.2, 0.25) is 0 Å². The summed E-state index contributed by atoms with van der Waals surface area (Å²) in [5.41, 5.74) is 6.99. The number of carbonyl (C=O) groups is 1. The van der Waals surface area contributed by atoms with Crippen LogP contribution in [0.15, 0.2) is 12.3 Å². The number of rotatable bonds is 9. The SMILES string of the molecule is CCCC(CCO)CNC(=O)c1cc(N)cn1CCC. The van der Waals surface area contributed by atoms with Gasteiger partial charge in [0.15, 0.2) is 0 Å². The Hall–Kier alpha value is -1.49. The van der Waals surface area contributed by atoms with E-state index in [1.165, 1.54) is 0 Å². The monoisotopic (exact) mass is 281 g/mol. The molecule has 0 aliphatic heterocycles. The van der Waals surface area contributed by atoms with Crippen molar-refractivity contribution in [1.29, 1.82) is 0 Å². The Balaban J connectivity index is 2.61. The van der Waals surface area contributed by atoms with Crippen LogP contribution in [-0.2, 0) is 6.54 Å². The van der Waals surface area contributed by atoms with Crippen LogP contribution in [-0.4, -0.2) is 28.7 Å². The Kier molecular flexibility index (Phi) is 7.15. The van der Waals surface area contributed by atoms with Crippen LogP contribution in [0.4, 0.5) is 5.69 Å². The van der Waals surface area contributed by atoms with Gasteiger partial charge in [0, 0.05) is 25.9 Å². The smallest absolute Gasteiger partial charge is 0.267 e. The third-order valence-corrected chi connectivity index (χ3v) is 3.40. The summed E-state index contributed by atoms with van der Waals surface area (Å²) in [6.45, 7) is 5.73. The molecule has 0 saturated carbocycles. The lowest BCUT2D eigenvalue weighted by atomic mass is 10.0. The first-order chi connectivity index (χ1) is 9.62. The molecule has 20 heavy (non-hydrogen) atoms. The molecule has 0 radical (unpaired) electrons. The highest BCUT2D eigenvalue weighted by atomic mass is 16.3. The summed E-state index contributed by atoms with van der Waals surface area (Å²) >= 11 is 0. The predicted molar refractivity (Wildman–Crippen MR) is 81.6 cm³/mol. The summed E-state index contributed by atoms with van der Waals surface area (Å²) in [7, 11) is 0. The quantitative estimate of drug-likeness (QED) is 0.647. The first kappa shape index (κ1) is 16.6. The van der Waals surface area contributed by atoms with Crippen molar-refractivity contribution in [2.24, 2.45) is 5.92 Å². The Morgan fingerprint density at radius 2 is 2.15 bits per heavy atom. The molecule has 4 N–H and O–H groups in total. The minimum Gasteiger partial charge on any atom is -0.397 e. The second kappa shape index (κ2) is 8.64. The molecule has 0 aromatic carbocycles. The second-order valence-electron chi connectivity index (χ2n) is 5.23. The van der Waals surface area contributed by atoms with Gasteiger partial charge in [-0.1, -0.05) is 20.3 Å². The number of nitrogens with zero attached hydrogens (tertiary/aromatic N) is 1. The number of amides is 1. The number of nitrogens with two attached hydrogens (primary N) is 1. The normalized spacial score (nSPS) is 12.3. The van der Waals surface area contributed by atoms with Crippen molar-refractivity contribution in [1.82, 2.24) is 9.88 Å². The highest BCUT2D eigenvalue weighted by Crippen LogP contribution is 2.13. The zero-order valence-electron chi connectivity index (χ0n) is 12.6. The van der Waals surface area contributed by atoms with Crippen LogP contribution in [0.3, 0.4) is 0 Å². The van der Waals surface area contributed by atoms with Crippen molar-refractivity contribution in [3.05, 3.63) is 18.0 Å². The van der Waals surface area contributed by atoms with Crippen molar-refractivity contribution < 1.29 is 9.90 Å². The molecular weight excluding hydrogens is 254 g/mol. The van der Waals surface area contributed by atoms with Crippen molar-refractivity contribution in [2.75, 3.05) is 18.9 Å². The number of aliphatic hydroxyl groups is 1. The summed E-state index contributed by atoms with van der Waals surface area (Å²) in [5, 5.41) is 12.0. The maximum Gasteiger partial charge on any atom is 0.267 e. The largest absolute Gasteiger partial charge is 0.397 e. The van der Waals surface area contributed by atoms with Crippen LogP contribution in [0.2, 0.25) is 0 Å². The van der Waals surface area contributed by atoms with Gasteiger partial charge in [-0.15, -0.1) is 0 Å². The van der Waals surface area contributed by atoms with Crippen LogP contribution >= 0.6 is 0 Å². The number of nitrogens with one attached hydrogen (secondary N) is 1. The first-order valence-electron chi connectivity index (χ1n) is 7.47. The molecular formula is C15H27N3O2. The highest BCUT2D eigenvalue weighted by molar-refractivity contribution is 5.93. The molecule has 1 aromatic rings. The molecule has 0 aliphatic carbocycles. The van der Waals surface area contributed by atoms with E-state index < -0.39 is 0 Å². The summed E-state index contributed by atoms with van der Waals surface area (Å²) in [6.07, 6.45) is 5.55. The average molecular weight is 281 g/mol. The van der Waals surface area contributed by atoms with Gasteiger partial charge >= 0.3 is 0 Å². The van der Waals surface area contributed by atoms with Crippen molar-refractivity contribution >= 4 is 11.6 Å². The van der Waals surface area contributed by atoms with E-state index >= 15 is 0 Å². The molecule has 5 heteroatoms. The molecule has 1 atom stereocenters. The summed E-state index contributed by atoms with van der Waals surface area (Å²) in [6, 6.07) is 1.71. The molecule has 1 unspecified atom stereocenters. The average Bonchev–Trinajstić information content (AvgIpc) is 2.78. The Bertz CT molecular complexity index is 409. The van der Waals surface area contributed by atoms with Gasteiger partial charge in [0.05, 0.1) is 5.69 Å². The summed E-state index contributed by atoms with van der Waals surface area (Å²) in [5.74, 6) is 0.245. The van der Waals surface area contributed by atoms with Crippen LogP contribution < -0.4 is 11.1 Å². The van der Waals surface area contributed by atoms with E-state index in [1.807, 2.05) is 4.57 Å². The van der Waals surface area contributed by atoms with Crippen LogP contribution in [0.25, 0.3) is 0 Å². The molecule has 1 aromatic heterocycles. The lowest BCUT2D eigenvalue weighted by Crippen LogP contribution is -2.31. The topological polar surface area (TPSA) is 80.3 Å². The summed E-state index contributed by atoms with van der Waals surface area (Å²) in [4.78, 5) is 12.2. The minimum atomic E-state index is -0.0887. The van der Waals surface area contributed by atoms with Gasteiger partial charge in [-0.2, -0.15) is 0 Å². The fourth-order valence-electron chi connectivity index (χ4n) is 2.42. The Labute approximate surface area is 121 Å². The third-order valence-electron chi connectivity index (χ3n) is 3.40. The van der Waals surface area contributed by atoms with Crippen LogP contribution in [0.1, 0.15) is 50.0 Å². The van der Waals surface area contributed by atoms with Crippen molar-refractivity contribution in [3.63, 3.8) is 0 Å². The molecule has 0 saturated heterocycles. The number of anilines is 1. The molecule has 0 bridgehead atoms. The fourth-order valence-corrected chi connectivity index (χ4v) is 2.42. The molecule has 0 spiro atoms. The van der Waals surface area contributed by atoms with Gasteiger partial charge in [-0.25, -0.2) is 0 Å². The Morgan fingerprint density at radius 3 is 2.75 bits per heavy atom. The van der Waals surface area contributed by atoms with Gasteiger partial charge < -0.3 is 20.7 Å². The third kappa shape index (κ3) is 4.89. The van der Waals surface area contributed by atoms with Gasteiger partial charge in [-0.05, 0) is 31.2 Å². The van der Waals surface area contributed by atoms with E-state index in [0.29, 0.717) is 23.8 Å². The maximum absolute atomic E-state index is 12.2. The maximum atomic E-state index is 12.2. The lowest BCUT2D eigenvalue weighted by Gasteiger charge is -2.16. The van der Waals surface area contributed by atoms with Crippen molar-refractivity contribution in [3.8, 4) is 0 Å². The van der Waals surface area contributed by atoms with Gasteiger partial charge in [0.1, 0.15) is 5.69 Å². The van der Waals surface area contributed by atoms with E-state index in [2.05, 4.69) is 19.2 Å². The molecule has 1 amide bonds. The van der Waals surface area contributed by atoms with E-state index in [0.717, 1.165) is 32.2 Å². The lowest BCUT2D eigenvalue weighted by molar-refractivity contribution is 0.0933. The Morgan fingerprint density at radius 1 is 1.40 bits per heavy atom. The molecule has 0 fully saturated rings. The molecule has 1 rings (SSSR count). The van der Waals surface area contributed by atoms with E-state index in [9.17, 15) is 4.79 Å². The number of carbonyl (C=O) groups excluding carboxylic acids is 1. The summed E-state index contributed by atoms with van der Waals surface area (Å²) < 4.78 is 1.89. The number of aliphatic hydroxyl groups excluding tert-OH is 1. The zero-order chi connectivity index (χ0) is 15.0. The van der Waals surface area contributed by atoms with E-state index in [4.69, 9.17) is 10.8 Å². The fraction of sp³-hybridized carbons (Fsp3) is 0.667. The zero-order valence-corrected chi connectivity index (χ0v) is 12.6. The molecule has 5 nitrogen and oxygen atoms in total. The number of hydrogen-bond acceptors (Lipinski definition) is 3. The number of nitrogen functional groups attached to an aromatic ring is 1. The van der Waals surface area contributed by atoms with Gasteiger partial charge in [-0.3, -0.25) is 4.79 Å². The van der Waals surface area contributed by atoms with Crippen LogP contribution in [0.5, 0.6) is 0 Å². The number of aromatic nitrogens is 1. The van der Waals surface area contributed by atoms with Crippen LogP contribution in [0, 0.1) is 5.92 Å². The number of hydrogen-bond donors (Lipinski definition) is 3. The molecule has 114 valence electrons. The second-order valence-corrected chi connectivity index (χ2v) is 5.23. The first-order valence-corrected chi connectivity index (χ1v) is 7.47. The standard InChI is InChI=1S/C15H27N3O2/c1-3-5-12(6-8-19)10-17-15(20)14-9-13(16)11-18(14)7-4-2/h9,11-12,19H,3-8,10,16H2,1-2H3,(H,17,20). The van der Waals surface area contributed by atoms with Gasteiger partial charge in [0.25, 0.3) is 5.91 Å². The van der Waals surface area contributed by atoms with E-state index in [-0.39, 0.29) is 12.5 Å². The predicted octanol–water partition coefficient (Wildman–Crippen LogP) is 2.01. The number of aryl methyl sites for hydroxylation is 1. The van der Waals surface area contributed by atoms with Crippen molar-refractivity contribution in [2.45, 2.75) is 46.1 Å². The molecule has 1 heterocycles.